The van der Waals surface area contributed by atoms with Crippen LogP contribution in [0.3, 0.4) is 0 Å². The third kappa shape index (κ3) is 6.07. The van der Waals surface area contributed by atoms with E-state index < -0.39 is 0 Å². The lowest BCUT2D eigenvalue weighted by Gasteiger charge is -2.41. The molecular weight excluding hydrogens is 388 g/mol. The van der Waals surface area contributed by atoms with Crippen molar-refractivity contribution in [1.82, 2.24) is 14.7 Å². The van der Waals surface area contributed by atoms with E-state index in [9.17, 15) is 9.59 Å². The summed E-state index contributed by atoms with van der Waals surface area (Å²) >= 11 is 0. The first-order valence-corrected chi connectivity index (χ1v) is 12.0. The molecule has 1 heterocycles. The number of nitrogens with one attached hydrogen (secondary N) is 1. The Bertz CT molecular complexity index is 732. The van der Waals surface area contributed by atoms with Crippen molar-refractivity contribution >= 4 is 17.5 Å². The first-order valence-electron chi connectivity index (χ1n) is 12.0. The Morgan fingerprint density at radius 1 is 1.06 bits per heavy atom. The molecule has 0 aromatic heterocycles. The highest BCUT2D eigenvalue weighted by Crippen LogP contribution is 2.24. The van der Waals surface area contributed by atoms with E-state index >= 15 is 0 Å². The SMILES string of the molecule is CCN(C(=O)[C@H](C)N1CCN(CC(=O)Nc2c(C)cccc2C)CC1)C1CCCCC1. The van der Waals surface area contributed by atoms with Gasteiger partial charge in [-0.1, -0.05) is 37.5 Å². The van der Waals surface area contributed by atoms with Crippen molar-refractivity contribution in [2.24, 2.45) is 0 Å². The Morgan fingerprint density at radius 3 is 2.26 bits per heavy atom. The summed E-state index contributed by atoms with van der Waals surface area (Å²) in [6, 6.07) is 6.38. The van der Waals surface area contributed by atoms with Crippen molar-refractivity contribution in [3.05, 3.63) is 29.3 Å². The molecule has 0 unspecified atom stereocenters. The van der Waals surface area contributed by atoms with E-state index in [1.54, 1.807) is 0 Å². The van der Waals surface area contributed by atoms with Gasteiger partial charge in [0.1, 0.15) is 0 Å². The number of likely N-dealkylation sites (N-methyl/N-ethyl adjacent to an activating group) is 1. The molecule has 1 aromatic carbocycles. The molecule has 2 amide bonds. The summed E-state index contributed by atoms with van der Waals surface area (Å²) in [4.78, 5) is 32.4. The molecule has 6 nitrogen and oxygen atoms in total. The largest absolute Gasteiger partial charge is 0.339 e. The van der Waals surface area contributed by atoms with Crippen molar-refractivity contribution in [3.63, 3.8) is 0 Å². The molecule has 1 aromatic rings. The summed E-state index contributed by atoms with van der Waals surface area (Å²) in [6.45, 7) is 12.7. The number of carbonyl (C=O) groups excluding carboxylic acids is 2. The van der Waals surface area contributed by atoms with Gasteiger partial charge in [-0.15, -0.1) is 0 Å². The van der Waals surface area contributed by atoms with E-state index in [-0.39, 0.29) is 17.9 Å². The topological polar surface area (TPSA) is 55.9 Å². The highest BCUT2D eigenvalue weighted by Gasteiger charge is 2.32. The van der Waals surface area contributed by atoms with E-state index in [2.05, 4.69) is 33.9 Å². The molecular formula is C25H40N4O2. The second-order valence-electron chi connectivity index (χ2n) is 9.22. The minimum atomic E-state index is -0.0903. The number of piperazine rings is 1. The maximum Gasteiger partial charge on any atom is 0.239 e. The van der Waals surface area contributed by atoms with Gasteiger partial charge in [-0.3, -0.25) is 19.4 Å². The van der Waals surface area contributed by atoms with Gasteiger partial charge in [0.2, 0.25) is 11.8 Å². The second-order valence-corrected chi connectivity index (χ2v) is 9.22. The number of hydrogen-bond donors (Lipinski definition) is 1. The quantitative estimate of drug-likeness (QED) is 0.723. The molecule has 172 valence electrons. The van der Waals surface area contributed by atoms with Gasteiger partial charge in [0.15, 0.2) is 0 Å². The van der Waals surface area contributed by atoms with Crippen molar-refractivity contribution in [3.8, 4) is 0 Å². The molecule has 1 aliphatic heterocycles. The fourth-order valence-corrected chi connectivity index (χ4v) is 5.09. The summed E-state index contributed by atoms with van der Waals surface area (Å²) < 4.78 is 0. The van der Waals surface area contributed by atoms with Gasteiger partial charge in [0.25, 0.3) is 0 Å². The predicted octanol–water partition coefficient (Wildman–Crippen LogP) is 3.43. The van der Waals surface area contributed by atoms with Gasteiger partial charge in [0, 0.05) is 44.5 Å². The number of amides is 2. The fraction of sp³-hybridized carbons (Fsp3) is 0.680. The average Bonchev–Trinajstić information content (AvgIpc) is 2.77. The minimum Gasteiger partial charge on any atom is -0.339 e. The first-order chi connectivity index (χ1) is 14.9. The number of carbonyl (C=O) groups is 2. The molecule has 3 rings (SSSR count). The Kier molecular flexibility index (Phi) is 8.50. The van der Waals surface area contributed by atoms with Gasteiger partial charge in [-0.2, -0.15) is 0 Å². The molecule has 1 N–H and O–H groups in total. The maximum atomic E-state index is 13.2. The summed E-state index contributed by atoms with van der Waals surface area (Å²) in [5.41, 5.74) is 3.10. The average molecular weight is 429 g/mol. The standard InChI is InChI=1S/C25H40N4O2/c1-5-29(22-12-7-6-8-13-22)25(31)21(4)28-16-14-27(15-17-28)18-23(30)26-24-19(2)10-9-11-20(24)3/h9-11,21-22H,5-8,12-18H2,1-4H3,(H,26,30)/t21-/m0/s1. The lowest BCUT2D eigenvalue weighted by atomic mass is 9.93. The Morgan fingerprint density at radius 2 is 1.68 bits per heavy atom. The second kappa shape index (κ2) is 11.1. The van der Waals surface area contributed by atoms with E-state index in [0.29, 0.717) is 12.6 Å². The van der Waals surface area contributed by atoms with E-state index in [1.807, 2.05) is 32.0 Å². The lowest BCUT2D eigenvalue weighted by molar-refractivity contribution is -0.140. The van der Waals surface area contributed by atoms with Crippen molar-refractivity contribution in [1.29, 1.82) is 0 Å². The molecule has 2 fully saturated rings. The number of aryl methyl sites for hydroxylation is 2. The van der Waals surface area contributed by atoms with E-state index in [1.165, 1.54) is 19.3 Å². The molecule has 0 spiro atoms. The van der Waals surface area contributed by atoms with E-state index in [0.717, 1.165) is 62.4 Å². The normalized spacial score (nSPS) is 19.7. The van der Waals surface area contributed by atoms with Crippen LogP contribution in [0.4, 0.5) is 5.69 Å². The molecule has 1 atom stereocenters. The summed E-state index contributed by atoms with van der Waals surface area (Å²) in [5, 5.41) is 3.08. The van der Waals surface area contributed by atoms with Crippen LogP contribution in [0.25, 0.3) is 0 Å². The zero-order valence-corrected chi connectivity index (χ0v) is 19.8. The molecule has 6 heteroatoms. The monoisotopic (exact) mass is 428 g/mol. The smallest absolute Gasteiger partial charge is 0.239 e. The van der Waals surface area contributed by atoms with E-state index in [4.69, 9.17) is 0 Å². The van der Waals surface area contributed by atoms with Gasteiger partial charge in [-0.05, 0) is 51.7 Å². The summed E-state index contributed by atoms with van der Waals surface area (Å²) in [7, 11) is 0. The van der Waals surface area contributed by atoms with Gasteiger partial charge < -0.3 is 10.2 Å². The zero-order chi connectivity index (χ0) is 22.4. The van der Waals surface area contributed by atoms with Crippen LogP contribution in [-0.2, 0) is 9.59 Å². The Balaban J connectivity index is 1.48. The lowest BCUT2D eigenvalue weighted by Crippen LogP contribution is -2.56. The fourth-order valence-electron chi connectivity index (χ4n) is 5.09. The highest BCUT2D eigenvalue weighted by atomic mass is 16.2. The Labute approximate surface area is 188 Å². The van der Waals surface area contributed by atoms with Crippen LogP contribution in [0.15, 0.2) is 18.2 Å². The zero-order valence-electron chi connectivity index (χ0n) is 19.8. The Hall–Kier alpha value is -1.92. The number of anilines is 1. The van der Waals surface area contributed by atoms with Crippen LogP contribution in [0, 0.1) is 13.8 Å². The number of nitrogens with zero attached hydrogens (tertiary/aromatic N) is 3. The number of benzene rings is 1. The van der Waals surface area contributed by atoms with Gasteiger partial charge >= 0.3 is 0 Å². The summed E-state index contributed by atoms with van der Waals surface area (Å²) in [5.74, 6) is 0.306. The first kappa shape index (κ1) is 23.7. The number of para-hydroxylation sites is 1. The molecule has 2 aliphatic rings. The molecule has 1 saturated carbocycles. The van der Waals surface area contributed by atoms with Gasteiger partial charge in [0.05, 0.1) is 12.6 Å². The molecule has 31 heavy (non-hydrogen) atoms. The van der Waals surface area contributed by atoms with Crippen LogP contribution < -0.4 is 5.32 Å². The van der Waals surface area contributed by atoms with Crippen molar-refractivity contribution in [2.45, 2.75) is 71.9 Å². The minimum absolute atomic E-state index is 0.0319. The van der Waals surface area contributed by atoms with Crippen LogP contribution in [-0.4, -0.2) is 77.9 Å². The maximum absolute atomic E-state index is 13.2. The summed E-state index contributed by atoms with van der Waals surface area (Å²) in [6.07, 6.45) is 6.08. The van der Waals surface area contributed by atoms with Gasteiger partial charge in [-0.25, -0.2) is 0 Å². The highest BCUT2D eigenvalue weighted by molar-refractivity contribution is 5.93. The predicted molar refractivity (Wildman–Crippen MR) is 126 cm³/mol. The molecule has 0 radical (unpaired) electrons. The molecule has 1 saturated heterocycles. The van der Waals surface area contributed by atoms with Crippen LogP contribution >= 0.6 is 0 Å². The number of hydrogen-bond acceptors (Lipinski definition) is 4. The third-order valence-electron chi connectivity index (χ3n) is 7.06. The molecule has 1 aliphatic carbocycles. The third-order valence-corrected chi connectivity index (χ3v) is 7.06. The van der Waals surface area contributed by atoms with Crippen molar-refractivity contribution < 1.29 is 9.59 Å². The van der Waals surface area contributed by atoms with Crippen LogP contribution in [0.2, 0.25) is 0 Å². The van der Waals surface area contributed by atoms with Crippen molar-refractivity contribution in [2.75, 3.05) is 44.6 Å². The van der Waals surface area contributed by atoms with Crippen LogP contribution in [0.1, 0.15) is 57.1 Å². The molecule has 0 bridgehead atoms. The number of rotatable bonds is 7. The van der Waals surface area contributed by atoms with Crippen LogP contribution in [0.5, 0.6) is 0 Å².